The number of hydrogen-bond acceptors (Lipinski definition) is 2. The molecule has 0 fully saturated rings. The van der Waals surface area contributed by atoms with Crippen LogP contribution in [-0.2, 0) is 12.0 Å². The third-order valence-electron chi connectivity index (χ3n) is 8.67. The lowest BCUT2D eigenvalue weighted by atomic mass is 9.91. The molecule has 6 rings (SSSR count). The van der Waals surface area contributed by atoms with Gasteiger partial charge in [-0.2, -0.15) is 0 Å². The van der Waals surface area contributed by atoms with E-state index in [1.165, 1.54) is 49.7 Å². The van der Waals surface area contributed by atoms with Gasteiger partial charge in [0.15, 0.2) is 0 Å². The van der Waals surface area contributed by atoms with Crippen LogP contribution in [-0.4, -0.2) is 15.7 Å². The summed E-state index contributed by atoms with van der Waals surface area (Å²) in [5.74, 6) is 1.30. The number of benzene rings is 5. The van der Waals surface area contributed by atoms with Crippen molar-refractivity contribution in [2.75, 3.05) is 11.1 Å². The molecule has 228 valence electrons. The van der Waals surface area contributed by atoms with Crippen molar-refractivity contribution in [3.05, 3.63) is 151 Å². The first kappa shape index (κ1) is 30.8. The van der Waals surface area contributed by atoms with E-state index >= 15 is 0 Å². The van der Waals surface area contributed by atoms with E-state index < -0.39 is 0 Å². The molecule has 0 amide bonds. The molecule has 6 aromatic rings. The minimum Gasteiger partial charge on any atom is -0.372 e. The molecule has 0 radical (unpaired) electrons. The van der Waals surface area contributed by atoms with Crippen molar-refractivity contribution >= 4 is 39.3 Å². The zero-order chi connectivity index (χ0) is 31.2. The van der Waals surface area contributed by atoms with E-state index in [1.54, 1.807) is 0 Å². The van der Waals surface area contributed by atoms with Crippen LogP contribution in [0.5, 0.6) is 0 Å². The monoisotopic (exact) mass is 608 g/mol. The van der Waals surface area contributed by atoms with Gasteiger partial charge in [-0.1, -0.05) is 115 Å². The maximum atomic E-state index is 4.08. The van der Waals surface area contributed by atoms with Crippen LogP contribution in [0.25, 0.3) is 32.9 Å². The number of nitrogens with one attached hydrogen (secondary N) is 1. The largest absolute Gasteiger partial charge is 0.372 e. The van der Waals surface area contributed by atoms with Gasteiger partial charge in [-0.3, -0.25) is 0 Å². The Hall–Kier alpha value is -4.21. The van der Waals surface area contributed by atoms with Gasteiger partial charge in [0.1, 0.15) is 0 Å². The Bertz CT molecular complexity index is 1880. The first-order valence-electron chi connectivity index (χ1n) is 16.2. The number of rotatable bonds is 11. The van der Waals surface area contributed by atoms with Crippen molar-refractivity contribution in [1.82, 2.24) is 4.57 Å². The molecule has 45 heavy (non-hydrogen) atoms. The lowest BCUT2D eigenvalue weighted by molar-refractivity contribution is 0.423. The van der Waals surface area contributed by atoms with Crippen molar-refractivity contribution in [1.29, 1.82) is 0 Å². The van der Waals surface area contributed by atoms with Crippen LogP contribution >= 0.6 is 11.8 Å². The van der Waals surface area contributed by atoms with E-state index in [9.17, 15) is 0 Å². The summed E-state index contributed by atoms with van der Waals surface area (Å²) in [7, 11) is 0. The number of nitrogens with zero attached hydrogens (tertiary/aromatic N) is 1. The summed E-state index contributed by atoms with van der Waals surface area (Å²) < 4.78 is 2.48. The summed E-state index contributed by atoms with van der Waals surface area (Å²) in [5.41, 5.74) is 8.96. The van der Waals surface area contributed by atoms with Crippen LogP contribution in [0.2, 0.25) is 0 Å². The highest BCUT2D eigenvalue weighted by Gasteiger charge is 2.25. The standard InChI is InChI=1S/C42H44N2S/c1-5-6-29-45-41(35(32-19-11-8-12-20-32)27-25-31-17-9-7-10-18-31)43-38-23-15-13-21-34(38)33-26-28-40-37(30-33)36-22-14-16-24-39(36)44(40)42(2,3)4/h5-24,26,28,30,35,41,43H,25,27,29H2,1-4H3/b6-5-. The van der Waals surface area contributed by atoms with Gasteiger partial charge in [0.25, 0.3) is 0 Å². The molecule has 2 unspecified atom stereocenters. The van der Waals surface area contributed by atoms with Crippen LogP contribution in [0.1, 0.15) is 51.2 Å². The Morgan fingerprint density at radius 1 is 0.733 bits per heavy atom. The predicted molar refractivity (Wildman–Crippen MR) is 199 cm³/mol. The molecule has 1 heterocycles. The molecule has 0 saturated carbocycles. The number of hydrogen-bond donors (Lipinski definition) is 1. The van der Waals surface area contributed by atoms with Crippen LogP contribution < -0.4 is 5.32 Å². The van der Waals surface area contributed by atoms with E-state index in [1.807, 2.05) is 11.8 Å². The van der Waals surface area contributed by atoms with Crippen molar-refractivity contribution in [2.45, 2.75) is 57.4 Å². The van der Waals surface area contributed by atoms with Crippen molar-refractivity contribution < 1.29 is 0 Å². The molecule has 2 atom stereocenters. The molecule has 0 spiro atoms. The average molecular weight is 609 g/mol. The zero-order valence-corrected chi connectivity index (χ0v) is 27.7. The highest BCUT2D eigenvalue weighted by atomic mass is 32.2. The van der Waals surface area contributed by atoms with Gasteiger partial charge in [-0.25, -0.2) is 0 Å². The summed E-state index contributed by atoms with van der Waals surface area (Å²) in [6, 6.07) is 46.6. The van der Waals surface area contributed by atoms with Gasteiger partial charge in [0.05, 0.1) is 5.37 Å². The van der Waals surface area contributed by atoms with Gasteiger partial charge in [0.2, 0.25) is 0 Å². The fourth-order valence-electron chi connectivity index (χ4n) is 6.55. The van der Waals surface area contributed by atoms with Gasteiger partial charge in [0, 0.05) is 50.3 Å². The molecule has 3 heteroatoms. The van der Waals surface area contributed by atoms with Gasteiger partial charge in [-0.05, 0) is 81.5 Å². The van der Waals surface area contributed by atoms with Crippen LogP contribution in [0, 0.1) is 0 Å². The quantitative estimate of drug-likeness (QED) is 0.116. The molecular weight excluding hydrogens is 565 g/mol. The summed E-state index contributed by atoms with van der Waals surface area (Å²) in [6.45, 7) is 8.98. The lowest BCUT2D eigenvalue weighted by Gasteiger charge is -2.30. The smallest absolute Gasteiger partial charge is 0.0794 e. The fourth-order valence-corrected chi connectivity index (χ4v) is 7.80. The minimum atomic E-state index is -0.0219. The normalized spacial score (nSPS) is 13.4. The maximum absolute atomic E-state index is 4.08. The number of allylic oxidation sites excluding steroid dienone is 1. The highest BCUT2D eigenvalue weighted by Crippen LogP contribution is 2.40. The predicted octanol–water partition coefficient (Wildman–Crippen LogP) is 11.7. The van der Waals surface area contributed by atoms with E-state index in [-0.39, 0.29) is 10.9 Å². The Kier molecular flexibility index (Phi) is 9.47. The first-order valence-corrected chi connectivity index (χ1v) is 17.2. The number of thioether (sulfide) groups is 1. The van der Waals surface area contributed by atoms with Crippen molar-refractivity contribution in [3.8, 4) is 11.1 Å². The topological polar surface area (TPSA) is 17.0 Å². The molecule has 0 aliphatic heterocycles. The number of aromatic nitrogens is 1. The highest BCUT2D eigenvalue weighted by molar-refractivity contribution is 8.00. The minimum absolute atomic E-state index is 0.0219. The second-order valence-electron chi connectivity index (χ2n) is 12.8. The van der Waals surface area contributed by atoms with Gasteiger partial charge >= 0.3 is 0 Å². The second-order valence-corrected chi connectivity index (χ2v) is 14.0. The summed E-state index contributed by atoms with van der Waals surface area (Å²) in [5, 5.41) is 6.88. The van der Waals surface area contributed by atoms with E-state index in [4.69, 9.17) is 0 Å². The molecule has 5 aromatic carbocycles. The number of para-hydroxylation sites is 2. The number of aryl methyl sites for hydroxylation is 1. The molecule has 0 saturated heterocycles. The molecular formula is C42H44N2S. The third kappa shape index (κ3) is 6.89. The third-order valence-corrected chi connectivity index (χ3v) is 9.86. The number of fused-ring (bicyclic) bond motifs is 3. The van der Waals surface area contributed by atoms with Crippen LogP contribution in [0.15, 0.2) is 140 Å². The molecule has 0 aliphatic carbocycles. The van der Waals surface area contributed by atoms with Crippen LogP contribution in [0.4, 0.5) is 5.69 Å². The molecule has 1 aromatic heterocycles. The lowest BCUT2D eigenvalue weighted by Crippen LogP contribution is -2.26. The van der Waals surface area contributed by atoms with E-state index in [0.29, 0.717) is 5.92 Å². The van der Waals surface area contributed by atoms with Crippen molar-refractivity contribution in [3.63, 3.8) is 0 Å². The number of anilines is 1. The summed E-state index contributed by atoms with van der Waals surface area (Å²) in [6.07, 6.45) is 6.53. The Labute approximate surface area is 273 Å². The molecule has 2 nitrogen and oxygen atoms in total. The first-order chi connectivity index (χ1) is 21.9. The van der Waals surface area contributed by atoms with Gasteiger partial charge in [-0.15, -0.1) is 11.8 Å². The Morgan fingerprint density at radius 2 is 1.40 bits per heavy atom. The average Bonchev–Trinajstić information content (AvgIpc) is 3.40. The maximum Gasteiger partial charge on any atom is 0.0794 e. The molecule has 0 bridgehead atoms. The van der Waals surface area contributed by atoms with E-state index in [2.05, 4.69) is 177 Å². The molecule has 0 aliphatic rings. The fraction of sp³-hybridized carbons (Fsp3) is 0.238. The summed E-state index contributed by atoms with van der Waals surface area (Å²) in [4.78, 5) is 0. The second kappa shape index (κ2) is 13.8. The molecule has 1 N–H and O–H groups in total. The Morgan fingerprint density at radius 3 is 2.16 bits per heavy atom. The van der Waals surface area contributed by atoms with Crippen molar-refractivity contribution in [2.24, 2.45) is 0 Å². The Balaban J connectivity index is 1.40. The van der Waals surface area contributed by atoms with E-state index in [0.717, 1.165) is 18.6 Å². The summed E-state index contributed by atoms with van der Waals surface area (Å²) >= 11 is 1.99. The zero-order valence-electron chi connectivity index (χ0n) is 26.9. The van der Waals surface area contributed by atoms with Crippen LogP contribution in [0.3, 0.4) is 0 Å². The SMILES string of the molecule is C/C=C\CSC(Nc1ccccc1-c1ccc2c(c1)c1ccccc1n2C(C)(C)C)C(CCc1ccccc1)c1ccccc1. The van der Waals surface area contributed by atoms with Gasteiger partial charge < -0.3 is 9.88 Å².